The first-order valence-electron chi connectivity index (χ1n) is 4.05. The highest BCUT2D eigenvalue weighted by molar-refractivity contribution is 4.88. The summed E-state index contributed by atoms with van der Waals surface area (Å²) in [6, 6.07) is 0. The Morgan fingerprint density at radius 1 is 1.44 bits per heavy atom. The van der Waals surface area contributed by atoms with Gasteiger partial charge < -0.3 is 4.74 Å². The molecular formula is C8H14O. The number of fused-ring (bicyclic) bond motifs is 2. The summed E-state index contributed by atoms with van der Waals surface area (Å²) in [5, 5.41) is 0. The second kappa shape index (κ2) is 1.98. The quantitative estimate of drug-likeness (QED) is 0.522. The third kappa shape index (κ3) is 0.787. The molecular weight excluding hydrogens is 112 g/mol. The molecule has 0 radical (unpaired) electrons. The van der Waals surface area contributed by atoms with E-state index in [0.717, 1.165) is 5.92 Å². The first-order chi connectivity index (χ1) is 4.40. The van der Waals surface area contributed by atoms with E-state index in [1.165, 1.54) is 25.7 Å². The standard InChI is InChI=1S/C8H14O/c1-2-6-5-7-3-4-8(6)9-7/h6-8H,2-5H2,1H3/t6-,7+,8-/m0/s1. The van der Waals surface area contributed by atoms with Crippen molar-refractivity contribution in [1.29, 1.82) is 0 Å². The van der Waals surface area contributed by atoms with Gasteiger partial charge in [0.05, 0.1) is 12.2 Å². The second-order valence-electron chi connectivity index (χ2n) is 3.28. The van der Waals surface area contributed by atoms with Crippen molar-refractivity contribution >= 4 is 0 Å². The minimum absolute atomic E-state index is 0.653. The van der Waals surface area contributed by atoms with Crippen molar-refractivity contribution in [2.75, 3.05) is 0 Å². The first-order valence-corrected chi connectivity index (χ1v) is 4.05. The molecule has 0 unspecified atom stereocenters. The monoisotopic (exact) mass is 126 g/mol. The summed E-state index contributed by atoms with van der Waals surface area (Å²) in [6.07, 6.45) is 6.65. The molecule has 0 aliphatic carbocycles. The fourth-order valence-electron chi connectivity index (χ4n) is 2.17. The molecule has 2 bridgehead atoms. The van der Waals surface area contributed by atoms with Crippen molar-refractivity contribution in [2.45, 2.75) is 44.8 Å². The van der Waals surface area contributed by atoms with Crippen LogP contribution in [0.15, 0.2) is 0 Å². The van der Waals surface area contributed by atoms with Gasteiger partial charge in [0.2, 0.25) is 0 Å². The molecule has 2 aliphatic heterocycles. The van der Waals surface area contributed by atoms with Crippen LogP contribution in [0.4, 0.5) is 0 Å². The maximum atomic E-state index is 5.68. The van der Waals surface area contributed by atoms with E-state index < -0.39 is 0 Å². The highest BCUT2D eigenvalue weighted by Crippen LogP contribution is 2.39. The number of rotatable bonds is 1. The molecule has 0 N–H and O–H groups in total. The molecule has 2 rings (SSSR count). The molecule has 0 spiro atoms. The van der Waals surface area contributed by atoms with Crippen LogP contribution in [0.25, 0.3) is 0 Å². The average molecular weight is 126 g/mol. The van der Waals surface area contributed by atoms with Crippen molar-refractivity contribution in [3.8, 4) is 0 Å². The zero-order chi connectivity index (χ0) is 6.27. The highest BCUT2D eigenvalue weighted by Gasteiger charge is 2.39. The second-order valence-corrected chi connectivity index (χ2v) is 3.28. The van der Waals surface area contributed by atoms with Crippen LogP contribution in [0.3, 0.4) is 0 Å². The van der Waals surface area contributed by atoms with E-state index in [-0.39, 0.29) is 0 Å². The zero-order valence-electron chi connectivity index (χ0n) is 5.97. The van der Waals surface area contributed by atoms with Crippen molar-refractivity contribution in [1.82, 2.24) is 0 Å². The number of hydrogen-bond donors (Lipinski definition) is 0. The van der Waals surface area contributed by atoms with Gasteiger partial charge in [-0.25, -0.2) is 0 Å². The predicted octanol–water partition coefficient (Wildman–Crippen LogP) is 1.96. The first kappa shape index (κ1) is 5.72. The molecule has 1 nitrogen and oxygen atoms in total. The van der Waals surface area contributed by atoms with E-state index >= 15 is 0 Å². The Morgan fingerprint density at radius 3 is 2.67 bits per heavy atom. The lowest BCUT2D eigenvalue weighted by Gasteiger charge is -2.15. The van der Waals surface area contributed by atoms with Gasteiger partial charge in [-0.15, -0.1) is 0 Å². The average Bonchev–Trinajstić information content (AvgIpc) is 2.45. The molecule has 2 aliphatic rings. The molecule has 52 valence electrons. The van der Waals surface area contributed by atoms with Crippen LogP contribution in [0.2, 0.25) is 0 Å². The van der Waals surface area contributed by atoms with Crippen molar-refractivity contribution in [2.24, 2.45) is 5.92 Å². The predicted molar refractivity (Wildman–Crippen MR) is 36.3 cm³/mol. The SMILES string of the molecule is CC[C@H]1C[C@H]2CC[C@@H]1O2. The Morgan fingerprint density at radius 2 is 2.33 bits per heavy atom. The van der Waals surface area contributed by atoms with Crippen molar-refractivity contribution in [3.63, 3.8) is 0 Å². The molecule has 0 saturated carbocycles. The smallest absolute Gasteiger partial charge is 0.0608 e. The number of hydrogen-bond acceptors (Lipinski definition) is 1. The Labute approximate surface area is 56.4 Å². The van der Waals surface area contributed by atoms with Gasteiger partial charge in [-0.05, 0) is 25.2 Å². The zero-order valence-corrected chi connectivity index (χ0v) is 5.97. The molecule has 3 atom stereocenters. The lowest BCUT2D eigenvalue weighted by atomic mass is 9.88. The van der Waals surface area contributed by atoms with Gasteiger partial charge in [-0.3, -0.25) is 0 Å². The molecule has 0 aromatic carbocycles. The lowest BCUT2D eigenvalue weighted by Crippen LogP contribution is -2.14. The van der Waals surface area contributed by atoms with Crippen LogP contribution in [0, 0.1) is 5.92 Å². The van der Waals surface area contributed by atoms with E-state index in [9.17, 15) is 0 Å². The summed E-state index contributed by atoms with van der Waals surface area (Å²) in [4.78, 5) is 0. The summed E-state index contributed by atoms with van der Waals surface area (Å²) < 4.78 is 5.68. The Hall–Kier alpha value is -0.0400. The maximum Gasteiger partial charge on any atom is 0.0608 e. The van der Waals surface area contributed by atoms with E-state index in [2.05, 4.69) is 6.92 Å². The summed E-state index contributed by atoms with van der Waals surface area (Å²) in [7, 11) is 0. The number of ether oxygens (including phenoxy) is 1. The highest BCUT2D eigenvalue weighted by atomic mass is 16.5. The van der Waals surface area contributed by atoms with E-state index in [1.807, 2.05) is 0 Å². The van der Waals surface area contributed by atoms with Crippen LogP contribution in [0.5, 0.6) is 0 Å². The fraction of sp³-hybridized carbons (Fsp3) is 1.00. The van der Waals surface area contributed by atoms with Crippen molar-refractivity contribution < 1.29 is 4.74 Å². The summed E-state index contributed by atoms with van der Waals surface area (Å²) in [5.41, 5.74) is 0. The molecule has 9 heavy (non-hydrogen) atoms. The Kier molecular flexibility index (Phi) is 1.26. The van der Waals surface area contributed by atoms with E-state index in [0.29, 0.717) is 12.2 Å². The van der Waals surface area contributed by atoms with Crippen LogP contribution in [-0.2, 0) is 4.74 Å². The maximum absolute atomic E-state index is 5.68. The topological polar surface area (TPSA) is 9.23 Å². The molecule has 1 heteroatoms. The third-order valence-electron chi connectivity index (χ3n) is 2.76. The molecule has 0 aromatic heterocycles. The third-order valence-corrected chi connectivity index (χ3v) is 2.76. The fourth-order valence-corrected chi connectivity index (χ4v) is 2.17. The minimum atomic E-state index is 0.653. The summed E-state index contributed by atoms with van der Waals surface area (Å²) in [5.74, 6) is 0.906. The van der Waals surface area contributed by atoms with Gasteiger partial charge in [0, 0.05) is 0 Å². The largest absolute Gasteiger partial charge is 0.375 e. The van der Waals surface area contributed by atoms with Gasteiger partial charge >= 0.3 is 0 Å². The van der Waals surface area contributed by atoms with E-state index in [1.54, 1.807) is 0 Å². The molecule has 2 fully saturated rings. The van der Waals surface area contributed by atoms with Crippen LogP contribution < -0.4 is 0 Å². The van der Waals surface area contributed by atoms with Gasteiger partial charge in [0.25, 0.3) is 0 Å². The van der Waals surface area contributed by atoms with Crippen LogP contribution in [0.1, 0.15) is 32.6 Å². The molecule has 2 heterocycles. The van der Waals surface area contributed by atoms with Crippen molar-refractivity contribution in [3.05, 3.63) is 0 Å². The van der Waals surface area contributed by atoms with E-state index in [4.69, 9.17) is 4.74 Å². The molecule has 0 amide bonds. The van der Waals surface area contributed by atoms with Crippen LogP contribution >= 0.6 is 0 Å². The minimum Gasteiger partial charge on any atom is -0.375 e. The van der Waals surface area contributed by atoms with Gasteiger partial charge in [-0.1, -0.05) is 13.3 Å². The Bertz CT molecular complexity index is 111. The van der Waals surface area contributed by atoms with Gasteiger partial charge in [0.15, 0.2) is 0 Å². The van der Waals surface area contributed by atoms with Gasteiger partial charge in [0.1, 0.15) is 0 Å². The Balaban J connectivity index is 2.01. The molecule has 0 aromatic rings. The van der Waals surface area contributed by atoms with Gasteiger partial charge in [-0.2, -0.15) is 0 Å². The normalized spacial score (nSPS) is 48.3. The molecule has 2 saturated heterocycles. The summed E-state index contributed by atoms with van der Waals surface area (Å²) >= 11 is 0. The summed E-state index contributed by atoms with van der Waals surface area (Å²) in [6.45, 7) is 2.27. The lowest BCUT2D eigenvalue weighted by molar-refractivity contribution is 0.0920. The van der Waals surface area contributed by atoms with Crippen LogP contribution in [-0.4, -0.2) is 12.2 Å².